The van der Waals surface area contributed by atoms with Crippen molar-refractivity contribution in [1.29, 1.82) is 0 Å². The number of aliphatic hydroxyl groups excluding tert-OH is 1. The summed E-state index contributed by atoms with van der Waals surface area (Å²) in [4.78, 5) is 11.9. The third kappa shape index (κ3) is 18.2. The van der Waals surface area contributed by atoms with E-state index in [1.54, 1.807) is 0 Å². The smallest absolute Gasteiger partial charge is 0.264 e. The van der Waals surface area contributed by atoms with Crippen molar-refractivity contribution in [2.24, 2.45) is 0 Å². The van der Waals surface area contributed by atoms with E-state index < -0.39 is 0 Å². The summed E-state index contributed by atoms with van der Waals surface area (Å²) >= 11 is 0. The van der Waals surface area contributed by atoms with Gasteiger partial charge in [-0.2, -0.15) is 0 Å². The molecule has 156 valence electrons. The summed E-state index contributed by atoms with van der Waals surface area (Å²) in [6.45, 7) is 2.91. The zero-order valence-corrected chi connectivity index (χ0v) is 18.0. The quantitative estimate of drug-likeness (QED) is 0.183. The molecule has 1 amide bonds. The van der Waals surface area contributed by atoms with Crippen LogP contribution in [-0.2, 0) is 4.79 Å². The number of amides is 1. The van der Waals surface area contributed by atoms with Crippen LogP contribution >= 0.6 is 0 Å². The van der Waals surface area contributed by atoms with Crippen molar-refractivity contribution in [2.45, 2.75) is 110 Å². The Morgan fingerprint density at radius 1 is 0.731 bits per heavy atom. The number of carbonyl (C=O) groups is 1. The fraction of sp³-hybridized carbons (Fsp3) is 0.955. The summed E-state index contributed by atoms with van der Waals surface area (Å²) in [5.41, 5.74) is 2.95. The summed E-state index contributed by atoms with van der Waals surface area (Å²) in [6.07, 6.45) is 20.7. The van der Waals surface area contributed by atoms with E-state index in [-0.39, 0.29) is 12.5 Å². The summed E-state index contributed by atoms with van der Waals surface area (Å²) in [6, 6.07) is 0. The van der Waals surface area contributed by atoms with E-state index in [1.807, 2.05) is 14.1 Å². The van der Waals surface area contributed by atoms with Crippen molar-refractivity contribution in [2.75, 3.05) is 27.2 Å². The van der Waals surface area contributed by atoms with Crippen LogP contribution in [0.2, 0.25) is 0 Å². The molecule has 0 aromatic carbocycles. The topological polar surface area (TPSA) is 49.3 Å². The van der Waals surface area contributed by atoms with Crippen LogP contribution in [0, 0.1) is 0 Å². The molecule has 0 aliphatic carbocycles. The highest BCUT2D eigenvalue weighted by Gasteiger charge is 2.17. The SMILES string of the molecule is CCCCCCCCCCCCCCCCCC(=O)N[N+](C)(C)CCO. The molecule has 0 atom stereocenters. The Bertz CT molecular complexity index is 319. The number of hydrogen-bond acceptors (Lipinski definition) is 2. The van der Waals surface area contributed by atoms with E-state index in [1.165, 1.54) is 83.5 Å². The van der Waals surface area contributed by atoms with Crippen LogP contribution < -0.4 is 5.43 Å². The van der Waals surface area contributed by atoms with Gasteiger partial charge in [0.25, 0.3) is 5.91 Å². The minimum atomic E-state index is 0.0895. The summed E-state index contributed by atoms with van der Waals surface area (Å²) in [5, 5.41) is 8.96. The molecule has 0 aliphatic rings. The Morgan fingerprint density at radius 2 is 1.12 bits per heavy atom. The molecule has 0 heterocycles. The zero-order chi connectivity index (χ0) is 19.5. The number of nitrogens with zero attached hydrogens (tertiary/aromatic N) is 1. The van der Waals surface area contributed by atoms with Crippen molar-refractivity contribution >= 4 is 5.91 Å². The van der Waals surface area contributed by atoms with Crippen LogP contribution in [0.25, 0.3) is 0 Å². The average molecular weight is 372 g/mol. The first kappa shape index (κ1) is 25.4. The predicted molar refractivity (Wildman–Crippen MR) is 112 cm³/mol. The van der Waals surface area contributed by atoms with Gasteiger partial charge in [-0.1, -0.05) is 96.8 Å². The number of rotatable bonds is 19. The maximum absolute atomic E-state index is 11.9. The van der Waals surface area contributed by atoms with Gasteiger partial charge in [-0.05, 0) is 6.42 Å². The van der Waals surface area contributed by atoms with Crippen molar-refractivity contribution in [3.05, 3.63) is 0 Å². The van der Waals surface area contributed by atoms with Gasteiger partial charge in [0.05, 0.1) is 20.7 Å². The molecule has 0 spiro atoms. The number of unbranched alkanes of at least 4 members (excludes halogenated alkanes) is 14. The molecule has 26 heavy (non-hydrogen) atoms. The Kier molecular flexibility index (Phi) is 17.4. The number of likely N-dealkylation sites (N-methyl/N-ethyl adjacent to an activating group) is 1. The van der Waals surface area contributed by atoms with Gasteiger partial charge >= 0.3 is 0 Å². The monoisotopic (exact) mass is 371 g/mol. The number of nitrogens with one attached hydrogen (secondary N) is 1. The van der Waals surface area contributed by atoms with Crippen molar-refractivity contribution in [3.63, 3.8) is 0 Å². The standard InChI is InChI=1S/C22H46N2O2/c1-4-5-6-7-8-9-10-11-12-13-14-15-16-17-18-19-22(26)23-24(2,3)20-21-25/h25H,4-21H2,1-3H3/p+1. The Balaban J connectivity index is 3.25. The molecule has 0 saturated carbocycles. The highest BCUT2D eigenvalue weighted by atomic mass is 16.3. The predicted octanol–water partition coefficient (Wildman–Crippen LogP) is 5.35. The van der Waals surface area contributed by atoms with Crippen molar-refractivity contribution in [3.8, 4) is 0 Å². The zero-order valence-electron chi connectivity index (χ0n) is 18.0. The van der Waals surface area contributed by atoms with E-state index >= 15 is 0 Å². The summed E-state index contributed by atoms with van der Waals surface area (Å²) < 4.78 is 0.355. The molecule has 0 radical (unpaired) electrons. The van der Waals surface area contributed by atoms with Gasteiger partial charge in [-0.25, -0.2) is 10.0 Å². The molecular formula is C22H47N2O2+. The minimum absolute atomic E-state index is 0.0895. The molecule has 0 saturated heterocycles. The lowest BCUT2D eigenvalue weighted by molar-refractivity contribution is -0.925. The lowest BCUT2D eigenvalue weighted by atomic mass is 10.0. The normalized spacial score (nSPS) is 11.7. The van der Waals surface area contributed by atoms with Crippen LogP contribution in [0.3, 0.4) is 0 Å². The van der Waals surface area contributed by atoms with Gasteiger partial charge in [0.1, 0.15) is 6.54 Å². The molecule has 0 unspecified atom stereocenters. The van der Waals surface area contributed by atoms with E-state index in [0.29, 0.717) is 17.6 Å². The van der Waals surface area contributed by atoms with Gasteiger partial charge in [0.2, 0.25) is 0 Å². The first-order chi connectivity index (χ1) is 12.5. The maximum Gasteiger partial charge on any atom is 0.264 e. The lowest BCUT2D eigenvalue weighted by Crippen LogP contribution is -2.55. The minimum Gasteiger partial charge on any atom is -0.390 e. The largest absolute Gasteiger partial charge is 0.390 e. The van der Waals surface area contributed by atoms with Crippen LogP contribution in [0.4, 0.5) is 0 Å². The number of hydrogen-bond donors (Lipinski definition) is 2. The molecule has 0 aliphatic heterocycles. The first-order valence-electron chi connectivity index (χ1n) is 11.3. The van der Waals surface area contributed by atoms with Gasteiger partial charge < -0.3 is 5.11 Å². The van der Waals surface area contributed by atoms with Crippen LogP contribution in [0.1, 0.15) is 110 Å². The fourth-order valence-electron chi connectivity index (χ4n) is 3.36. The number of aliphatic hydroxyl groups is 1. The molecular weight excluding hydrogens is 324 g/mol. The molecule has 4 nitrogen and oxygen atoms in total. The average Bonchev–Trinajstić information content (AvgIpc) is 2.57. The maximum atomic E-state index is 11.9. The second-order valence-corrected chi connectivity index (χ2v) is 8.37. The molecule has 0 fully saturated rings. The highest BCUT2D eigenvalue weighted by molar-refractivity contribution is 5.74. The van der Waals surface area contributed by atoms with E-state index in [9.17, 15) is 4.79 Å². The third-order valence-electron chi connectivity index (χ3n) is 5.09. The van der Waals surface area contributed by atoms with Crippen LogP contribution in [0.15, 0.2) is 0 Å². The molecule has 2 N–H and O–H groups in total. The lowest BCUT2D eigenvalue weighted by Gasteiger charge is -2.28. The fourth-order valence-corrected chi connectivity index (χ4v) is 3.36. The molecule has 0 aromatic rings. The van der Waals surface area contributed by atoms with Crippen molar-refractivity contribution in [1.82, 2.24) is 5.43 Å². The molecule has 0 bridgehead atoms. The number of carbonyl (C=O) groups excluding carboxylic acids is 1. The number of quaternary nitrogens is 1. The summed E-state index contributed by atoms with van der Waals surface area (Å²) in [7, 11) is 3.81. The van der Waals surface area contributed by atoms with Gasteiger partial charge in [0.15, 0.2) is 0 Å². The second-order valence-electron chi connectivity index (χ2n) is 8.37. The van der Waals surface area contributed by atoms with Gasteiger partial charge in [0, 0.05) is 6.42 Å². The van der Waals surface area contributed by atoms with Crippen molar-refractivity contribution < 1.29 is 14.5 Å². The van der Waals surface area contributed by atoms with Gasteiger partial charge in [-0.15, -0.1) is 0 Å². The Labute approximate surface area is 163 Å². The molecule has 4 heteroatoms. The molecule has 0 rings (SSSR count). The summed E-state index contributed by atoms with van der Waals surface area (Å²) in [5.74, 6) is 0.0955. The third-order valence-corrected chi connectivity index (χ3v) is 5.09. The first-order valence-corrected chi connectivity index (χ1v) is 11.3. The highest BCUT2D eigenvalue weighted by Crippen LogP contribution is 2.13. The van der Waals surface area contributed by atoms with Crippen LogP contribution in [-0.4, -0.2) is 42.9 Å². The van der Waals surface area contributed by atoms with E-state index in [0.717, 1.165) is 12.8 Å². The van der Waals surface area contributed by atoms with Crippen LogP contribution in [0.5, 0.6) is 0 Å². The molecule has 0 aromatic heterocycles. The Hall–Kier alpha value is -0.610. The Morgan fingerprint density at radius 3 is 1.50 bits per heavy atom. The van der Waals surface area contributed by atoms with E-state index in [2.05, 4.69) is 12.3 Å². The van der Waals surface area contributed by atoms with Gasteiger partial charge in [-0.3, -0.25) is 4.79 Å². The second kappa shape index (κ2) is 17.8. The van der Waals surface area contributed by atoms with E-state index in [4.69, 9.17) is 5.11 Å².